The second-order valence-electron chi connectivity index (χ2n) is 6.43. The van der Waals surface area contributed by atoms with Crippen LogP contribution in [0.25, 0.3) is 11.5 Å². The van der Waals surface area contributed by atoms with E-state index in [0.29, 0.717) is 24.0 Å². The number of nitrogens with one attached hydrogen (secondary N) is 1. The molecule has 0 spiro atoms. The molecule has 1 aliphatic heterocycles. The molecule has 26 heavy (non-hydrogen) atoms. The first kappa shape index (κ1) is 16.6. The Morgan fingerprint density at radius 1 is 1.15 bits per heavy atom. The maximum Gasteiger partial charge on any atom is 0.246 e. The molecule has 4 rings (SSSR count). The minimum Gasteiger partial charge on any atom is -0.361 e. The number of rotatable bonds is 4. The zero-order chi connectivity index (χ0) is 17.9. The SMILES string of the molecule is Cc1nc2c(c(NCc3nc(-c4ccccn4)no3)n1)CCN(C)CC2. The van der Waals surface area contributed by atoms with E-state index in [-0.39, 0.29) is 0 Å². The van der Waals surface area contributed by atoms with Crippen LogP contribution in [0.5, 0.6) is 0 Å². The normalized spacial score (nSPS) is 14.7. The zero-order valence-electron chi connectivity index (χ0n) is 14.9. The van der Waals surface area contributed by atoms with Gasteiger partial charge in [-0.3, -0.25) is 4.98 Å². The van der Waals surface area contributed by atoms with Crippen LogP contribution in [0.1, 0.15) is 23.0 Å². The zero-order valence-corrected chi connectivity index (χ0v) is 14.9. The van der Waals surface area contributed by atoms with Gasteiger partial charge in [0.05, 0.1) is 12.2 Å². The summed E-state index contributed by atoms with van der Waals surface area (Å²) in [6.45, 7) is 4.35. The summed E-state index contributed by atoms with van der Waals surface area (Å²) in [6, 6.07) is 5.60. The van der Waals surface area contributed by atoms with Crippen molar-refractivity contribution in [2.75, 3.05) is 25.5 Å². The van der Waals surface area contributed by atoms with E-state index < -0.39 is 0 Å². The minimum atomic E-state index is 0.415. The van der Waals surface area contributed by atoms with Crippen molar-refractivity contribution in [1.29, 1.82) is 0 Å². The largest absolute Gasteiger partial charge is 0.361 e. The van der Waals surface area contributed by atoms with E-state index in [2.05, 4.69) is 42.4 Å². The Hall–Kier alpha value is -2.87. The average Bonchev–Trinajstić information content (AvgIpc) is 3.05. The van der Waals surface area contributed by atoms with Crippen LogP contribution in [-0.2, 0) is 19.4 Å². The molecule has 3 aromatic heterocycles. The highest BCUT2D eigenvalue weighted by Gasteiger charge is 2.18. The lowest BCUT2D eigenvalue weighted by molar-refractivity contribution is 0.352. The molecule has 1 N–H and O–H groups in total. The molecule has 0 aliphatic carbocycles. The van der Waals surface area contributed by atoms with E-state index >= 15 is 0 Å². The van der Waals surface area contributed by atoms with Gasteiger partial charge in [-0.1, -0.05) is 11.2 Å². The van der Waals surface area contributed by atoms with E-state index in [1.807, 2.05) is 25.1 Å². The van der Waals surface area contributed by atoms with Crippen molar-refractivity contribution in [2.24, 2.45) is 0 Å². The second-order valence-corrected chi connectivity index (χ2v) is 6.43. The number of hydrogen-bond donors (Lipinski definition) is 1. The first-order chi connectivity index (χ1) is 12.7. The summed E-state index contributed by atoms with van der Waals surface area (Å²) in [5, 5.41) is 7.35. The van der Waals surface area contributed by atoms with Gasteiger partial charge in [-0.2, -0.15) is 4.98 Å². The Labute approximate surface area is 151 Å². The van der Waals surface area contributed by atoms with Gasteiger partial charge in [0.25, 0.3) is 0 Å². The van der Waals surface area contributed by atoms with Gasteiger partial charge in [0.15, 0.2) is 0 Å². The standard InChI is InChI=1S/C18H21N7O/c1-12-21-14-7-10-25(2)9-6-13(14)17(22-12)20-11-16-23-18(24-26-16)15-5-3-4-8-19-15/h3-5,8H,6-7,9-11H2,1-2H3,(H,20,21,22). The fraction of sp³-hybridized carbons (Fsp3) is 0.389. The van der Waals surface area contributed by atoms with Crippen LogP contribution in [0.4, 0.5) is 5.82 Å². The van der Waals surface area contributed by atoms with Crippen LogP contribution in [-0.4, -0.2) is 50.1 Å². The molecule has 8 nitrogen and oxygen atoms in total. The van der Waals surface area contributed by atoms with Crippen molar-refractivity contribution in [3.63, 3.8) is 0 Å². The third-order valence-electron chi connectivity index (χ3n) is 4.45. The highest BCUT2D eigenvalue weighted by Crippen LogP contribution is 2.22. The predicted molar refractivity (Wildman–Crippen MR) is 96.5 cm³/mol. The molecule has 3 aromatic rings. The summed E-state index contributed by atoms with van der Waals surface area (Å²) in [4.78, 5) is 20.2. The number of aromatic nitrogens is 5. The maximum absolute atomic E-state index is 5.34. The van der Waals surface area contributed by atoms with E-state index in [4.69, 9.17) is 4.52 Å². The van der Waals surface area contributed by atoms with Crippen molar-refractivity contribution in [2.45, 2.75) is 26.3 Å². The highest BCUT2D eigenvalue weighted by molar-refractivity contribution is 5.49. The van der Waals surface area contributed by atoms with Gasteiger partial charge in [0.1, 0.15) is 17.3 Å². The van der Waals surface area contributed by atoms with Crippen LogP contribution in [0.15, 0.2) is 28.9 Å². The number of likely N-dealkylation sites (N-methyl/N-ethyl adjacent to an activating group) is 1. The average molecular weight is 351 g/mol. The number of anilines is 1. The van der Waals surface area contributed by atoms with Gasteiger partial charge in [0, 0.05) is 31.3 Å². The molecule has 0 saturated carbocycles. The molecule has 0 atom stereocenters. The third-order valence-corrected chi connectivity index (χ3v) is 4.45. The van der Waals surface area contributed by atoms with Crippen molar-refractivity contribution in [3.05, 3.63) is 47.4 Å². The minimum absolute atomic E-state index is 0.415. The van der Waals surface area contributed by atoms with E-state index in [0.717, 1.165) is 43.3 Å². The van der Waals surface area contributed by atoms with Crippen LogP contribution >= 0.6 is 0 Å². The lowest BCUT2D eigenvalue weighted by atomic mass is 10.1. The Balaban J connectivity index is 1.52. The lowest BCUT2D eigenvalue weighted by Gasteiger charge is -2.12. The summed E-state index contributed by atoms with van der Waals surface area (Å²) in [5.41, 5.74) is 3.01. The second kappa shape index (κ2) is 7.17. The van der Waals surface area contributed by atoms with E-state index in [1.165, 1.54) is 5.56 Å². The number of pyridine rings is 1. The van der Waals surface area contributed by atoms with Gasteiger partial charge in [-0.15, -0.1) is 0 Å². The summed E-state index contributed by atoms with van der Waals surface area (Å²) in [5.74, 6) is 2.62. The maximum atomic E-state index is 5.34. The van der Waals surface area contributed by atoms with Gasteiger partial charge >= 0.3 is 0 Å². The summed E-state index contributed by atoms with van der Waals surface area (Å²) < 4.78 is 5.34. The van der Waals surface area contributed by atoms with Gasteiger partial charge < -0.3 is 14.7 Å². The Kier molecular flexibility index (Phi) is 4.57. The smallest absolute Gasteiger partial charge is 0.246 e. The number of hydrogen-bond acceptors (Lipinski definition) is 8. The van der Waals surface area contributed by atoms with Crippen LogP contribution in [0, 0.1) is 6.92 Å². The fourth-order valence-corrected chi connectivity index (χ4v) is 3.07. The number of aryl methyl sites for hydroxylation is 1. The van der Waals surface area contributed by atoms with Gasteiger partial charge in [-0.25, -0.2) is 9.97 Å². The van der Waals surface area contributed by atoms with Crippen molar-refractivity contribution >= 4 is 5.82 Å². The monoisotopic (exact) mass is 351 g/mol. The number of fused-ring (bicyclic) bond motifs is 1. The molecule has 0 saturated heterocycles. The first-order valence-corrected chi connectivity index (χ1v) is 8.72. The van der Waals surface area contributed by atoms with Crippen molar-refractivity contribution in [1.82, 2.24) is 30.0 Å². The Bertz CT molecular complexity index is 894. The first-order valence-electron chi connectivity index (χ1n) is 8.72. The molecular weight excluding hydrogens is 330 g/mol. The van der Waals surface area contributed by atoms with Crippen LogP contribution in [0.2, 0.25) is 0 Å². The molecule has 134 valence electrons. The topological polar surface area (TPSA) is 92.9 Å². The Morgan fingerprint density at radius 2 is 2.04 bits per heavy atom. The number of nitrogens with zero attached hydrogens (tertiary/aromatic N) is 6. The molecule has 0 fully saturated rings. The fourth-order valence-electron chi connectivity index (χ4n) is 3.07. The molecule has 0 aromatic carbocycles. The van der Waals surface area contributed by atoms with Crippen LogP contribution < -0.4 is 5.32 Å². The molecule has 1 aliphatic rings. The molecule has 8 heteroatoms. The molecular formula is C18H21N7O. The van der Waals surface area contributed by atoms with Crippen molar-refractivity contribution < 1.29 is 4.52 Å². The molecule has 4 heterocycles. The Morgan fingerprint density at radius 3 is 2.88 bits per heavy atom. The highest BCUT2D eigenvalue weighted by atomic mass is 16.5. The summed E-state index contributed by atoms with van der Waals surface area (Å²) >= 11 is 0. The summed E-state index contributed by atoms with van der Waals surface area (Å²) in [6.07, 6.45) is 3.57. The lowest BCUT2D eigenvalue weighted by Crippen LogP contribution is -2.20. The van der Waals surface area contributed by atoms with Crippen molar-refractivity contribution in [3.8, 4) is 11.5 Å². The quantitative estimate of drug-likeness (QED) is 0.761. The molecule has 0 bridgehead atoms. The summed E-state index contributed by atoms with van der Waals surface area (Å²) in [7, 11) is 2.14. The molecule has 0 radical (unpaired) electrons. The molecule has 0 unspecified atom stereocenters. The van der Waals surface area contributed by atoms with Crippen LogP contribution in [0.3, 0.4) is 0 Å². The predicted octanol–water partition coefficient (Wildman–Crippen LogP) is 1.87. The third kappa shape index (κ3) is 3.55. The van der Waals surface area contributed by atoms with E-state index in [1.54, 1.807) is 6.20 Å². The van der Waals surface area contributed by atoms with E-state index in [9.17, 15) is 0 Å². The van der Waals surface area contributed by atoms with Gasteiger partial charge in [0.2, 0.25) is 11.7 Å². The van der Waals surface area contributed by atoms with Gasteiger partial charge in [-0.05, 0) is 32.5 Å². The molecule has 0 amide bonds.